The molecule has 2 N–H and O–H groups in total. The normalized spacial score (nSPS) is 15.8. The molecule has 0 saturated carbocycles. The lowest BCUT2D eigenvalue weighted by atomic mass is 9.98. The highest BCUT2D eigenvalue weighted by atomic mass is 19.1. The molecule has 0 aromatic heterocycles. The maximum Gasteiger partial charge on any atom is 0.317 e. The van der Waals surface area contributed by atoms with Crippen LogP contribution >= 0.6 is 0 Å². The smallest absolute Gasteiger partial charge is 0.317 e. The number of amides is 2. The van der Waals surface area contributed by atoms with Gasteiger partial charge in [0.15, 0.2) is 11.6 Å². The zero-order valence-corrected chi connectivity index (χ0v) is 13.7. The number of nitrogens with one attached hydrogen (secondary N) is 1. The summed E-state index contributed by atoms with van der Waals surface area (Å²) in [7, 11) is 0. The first-order valence-corrected chi connectivity index (χ1v) is 8.08. The molecular weight excluding hydrogens is 299 g/mol. The van der Waals surface area contributed by atoms with Crippen molar-refractivity contribution in [3.05, 3.63) is 29.6 Å². The van der Waals surface area contributed by atoms with Gasteiger partial charge in [-0.25, -0.2) is 9.18 Å². The van der Waals surface area contributed by atoms with E-state index in [0.29, 0.717) is 24.6 Å². The van der Waals surface area contributed by atoms with Crippen molar-refractivity contribution in [2.45, 2.75) is 39.3 Å². The number of benzene rings is 1. The first-order chi connectivity index (χ1) is 11.0. The molecule has 5 nitrogen and oxygen atoms in total. The van der Waals surface area contributed by atoms with Gasteiger partial charge >= 0.3 is 6.03 Å². The first kappa shape index (κ1) is 17.5. The molecule has 1 aliphatic rings. The van der Waals surface area contributed by atoms with Gasteiger partial charge in [-0.3, -0.25) is 0 Å². The van der Waals surface area contributed by atoms with E-state index in [9.17, 15) is 9.18 Å². The van der Waals surface area contributed by atoms with Crippen LogP contribution in [-0.4, -0.2) is 41.8 Å². The third-order valence-electron chi connectivity index (χ3n) is 3.96. The molecule has 2 amide bonds. The number of ether oxygens (including phenoxy) is 1. The number of piperidine rings is 1. The Morgan fingerprint density at radius 1 is 1.43 bits per heavy atom. The largest absolute Gasteiger partial charge is 0.488 e. The monoisotopic (exact) mass is 324 g/mol. The molecule has 23 heavy (non-hydrogen) atoms. The van der Waals surface area contributed by atoms with Crippen molar-refractivity contribution in [2.24, 2.45) is 5.92 Å². The van der Waals surface area contributed by atoms with Crippen LogP contribution in [0, 0.1) is 11.7 Å². The summed E-state index contributed by atoms with van der Waals surface area (Å²) in [6.45, 7) is 5.43. The van der Waals surface area contributed by atoms with Gasteiger partial charge in [0, 0.05) is 26.2 Å². The Hall–Kier alpha value is -1.82. The Bertz CT molecular complexity index is 529. The number of hydrogen-bond acceptors (Lipinski definition) is 3. The van der Waals surface area contributed by atoms with Crippen LogP contribution in [0.15, 0.2) is 18.2 Å². The van der Waals surface area contributed by atoms with Crippen molar-refractivity contribution >= 4 is 6.03 Å². The van der Waals surface area contributed by atoms with E-state index in [1.54, 1.807) is 17.0 Å². The Kier molecular flexibility index (Phi) is 6.21. The number of aliphatic hydroxyl groups is 1. The highest BCUT2D eigenvalue weighted by Gasteiger charge is 2.22. The van der Waals surface area contributed by atoms with Crippen molar-refractivity contribution in [1.29, 1.82) is 0 Å². The van der Waals surface area contributed by atoms with Gasteiger partial charge in [-0.2, -0.15) is 0 Å². The van der Waals surface area contributed by atoms with Crippen molar-refractivity contribution < 1.29 is 19.0 Å². The number of likely N-dealkylation sites (tertiary alicyclic amines) is 1. The Morgan fingerprint density at radius 3 is 2.70 bits per heavy atom. The summed E-state index contributed by atoms with van der Waals surface area (Å²) in [6.07, 6.45) is 1.55. The van der Waals surface area contributed by atoms with Gasteiger partial charge in [0.1, 0.15) is 0 Å². The van der Waals surface area contributed by atoms with Crippen molar-refractivity contribution in [1.82, 2.24) is 10.2 Å². The van der Waals surface area contributed by atoms with E-state index in [-0.39, 0.29) is 31.0 Å². The maximum atomic E-state index is 13.9. The summed E-state index contributed by atoms with van der Waals surface area (Å²) < 4.78 is 19.3. The number of halogens is 1. The molecule has 0 atom stereocenters. The molecule has 1 aliphatic heterocycles. The number of nitrogens with zero attached hydrogens (tertiary/aromatic N) is 1. The van der Waals surface area contributed by atoms with E-state index in [2.05, 4.69) is 5.32 Å². The Balaban J connectivity index is 1.83. The lowest BCUT2D eigenvalue weighted by Gasteiger charge is -2.31. The van der Waals surface area contributed by atoms with E-state index in [1.807, 2.05) is 13.8 Å². The van der Waals surface area contributed by atoms with Gasteiger partial charge in [0.2, 0.25) is 0 Å². The molecule has 2 rings (SSSR count). The number of carbonyl (C=O) groups is 1. The summed E-state index contributed by atoms with van der Waals surface area (Å²) >= 11 is 0. The highest BCUT2D eigenvalue weighted by Crippen LogP contribution is 2.20. The maximum absolute atomic E-state index is 13.9. The minimum atomic E-state index is -0.422. The number of rotatable bonds is 5. The number of urea groups is 1. The molecule has 0 bridgehead atoms. The summed E-state index contributed by atoms with van der Waals surface area (Å²) in [5.74, 6) is 0.0945. The number of hydrogen-bond donors (Lipinski definition) is 2. The van der Waals surface area contributed by atoms with Crippen LogP contribution in [0.4, 0.5) is 9.18 Å². The summed E-state index contributed by atoms with van der Waals surface area (Å²) in [6, 6.07) is 4.57. The van der Waals surface area contributed by atoms with Crippen LogP contribution in [0.3, 0.4) is 0 Å². The average molecular weight is 324 g/mol. The van der Waals surface area contributed by atoms with Crippen LogP contribution in [0.2, 0.25) is 0 Å². The molecule has 1 aromatic rings. The summed E-state index contributed by atoms with van der Waals surface area (Å²) in [4.78, 5) is 13.8. The van der Waals surface area contributed by atoms with Crippen LogP contribution in [-0.2, 0) is 6.54 Å². The van der Waals surface area contributed by atoms with Gasteiger partial charge in [-0.15, -0.1) is 0 Å². The van der Waals surface area contributed by atoms with E-state index in [1.165, 1.54) is 6.07 Å². The number of carbonyl (C=O) groups excluding carboxylic acids is 1. The molecule has 0 aliphatic carbocycles. The molecule has 0 unspecified atom stereocenters. The predicted octanol–water partition coefficient (Wildman–Crippen LogP) is 2.53. The fourth-order valence-electron chi connectivity index (χ4n) is 2.61. The van der Waals surface area contributed by atoms with Crippen LogP contribution < -0.4 is 10.1 Å². The van der Waals surface area contributed by atoms with Crippen molar-refractivity contribution in [3.63, 3.8) is 0 Å². The van der Waals surface area contributed by atoms with Crippen LogP contribution in [0.25, 0.3) is 0 Å². The third kappa shape index (κ3) is 5.10. The SMILES string of the molecule is CC(C)Oc1ccc(CNC(=O)N2CCC(CO)CC2)cc1F. The second kappa shape index (κ2) is 8.15. The van der Waals surface area contributed by atoms with Crippen LogP contribution in [0.5, 0.6) is 5.75 Å². The minimum absolute atomic E-state index is 0.0862. The summed E-state index contributed by atoms with van der Waals surface area (Å²) in [5, 5.41) is 11.9. The molecular formula is C17H25FN2O3. The second-order valence-corrected chi connectivity index (χ2v) is 6.20. The molecule has 1 heterocycles. The standard InChI is InChI=1S/C17H25FN2O3/c1-12(2)23-16-4-3-14(9-15(16)18)10-19-17(22)20-7-5-13(11-21)6-8-20/h3-4,9,12-13,21H,5-8,10-11H2,1-2H3,(H,19,22). The Labute approximate surface area is 136 Å². The van der Waals surface area contributed by atoms with Gasteiger partial charge in [-0.05, 0) is 50.3 Å². The minimum Gasteiger partial charge on any atom is -0.488 e. The summed E-state index contributed by atoms with van der Waals surface area (Å²) in [5.41, 5.74) is 0.692. The van der Waals surface area contributed by atoms with Crippen LogP contribution in [0.1, 0.15) is 32.3 Å². The number of aliphatic hydroxyl groups excluding tert-OH is 1. The van der Waals surface area contributed by atoms with Gasteiger partial charge in [0.05, 0.1) is 6.10 Å². The zero-order chi connectivity index (χ0) is 16.8. The van der Waals surface area contributed by atoms with E-state index < -0.39 is 5.82 Å². The van der Waals surface area contributed by atoms with Gasteiger partial charge < -0.3 is 20.1 Å². The lowest BCUT2D eigenvalue weighted by molar-refractivity contribution is 0.137. The van der Waals surface area contributed by atoms with E-state index >= 15 is 0 Å². The molecule has 6 heteroatoms. The van der Waals surface area contributed by atoms with Crippen molar-refractivity contribution in [3.8, 4) is 5.75 Å². The fourth-order valence-corrected chi connectivity index (χ4v) is 2.61. The molecule has 128 valence electrons. The first-order valence-electron chi connectivity index (χ1n) is 8.08. The highest BCUT2D eigenvalue weighted by molar-refractivity contribution is 5.74. The zero-order valence-electron chi connectivity index (χ0n) is 13.7. The quantitative estimate of drug-likeness (QED) is 0.875. The van der Waals surface area contributed by atoms with Crippen molar-refractivity contribution in [2.75, 3.05) is 19.7 Å². The molecule has 0 radical (unpaired) electrons. The molecule has 0 spiro atoms. The molecule has 1 fully saturated rings. The van der Waals surface area contributed by atoms with Gasteiger partial charge in [0.25, 0.3) is 0 Å². The third-order valence-corrected chi connectivity index (χ3v) is 3.96. The van der Waals surface area contributed by atoms with E-state index in [4.69, 9.17) is 9.84 Å². The predicted molar refractivity (Wildman–Crippen MR) is 85.8 cm³/mol. The topological polar surface area (TPSA) is 61.8 Å². The second-order valence-electron chi connectivity index (χ2n) is 6.20. The fraction of sp³-hybridized carbons (Fsp3) is 0.588. The molecule has 1 aromatic carbocycles. The molecule has 1 saturated heterocycles. The Morgan fingerprint density at radius 2 is 2.13 bits per heavy atom. The van der Waals surface area contributed by atoms with Gasteiger partial charge in [-0.1, -0.05) is 6.07 Å². The van der Waals surface area contributed by atoms with E-state index in [0.717, 1.165) is 12.8 Å². The lowest BCUT2D eigenvalue weighted by Crippen LogP contribution is -2.44. The average Bonchev–Trinajstić information content (AvgIpc) is 2.54.